The van der Waals surface area contributed by atoms with E-state index in [9.17, 15) is 19.5 Å². The fourth-order valence-corrected chi connectivity index (χ4v) is 4.76. The van der Waals surface area contributed by atoms with E-state index in [1.807, 2.05) is 20.8 Å². The van der Waals surface area contributed by atoms with E-state index in [0.29, 0.717) is 41.3 Å². The lowest BCUT2D eigenvalue weighted by Gasteiger charge is -2.40. The highest BCUT2D eigenvalue weighted by atomic mass is 16.6. The number of anilines is 1. The van der Waals surface area contributed by atoms with Crippen LogP contribution in [0.1, 0.15) is 91.8 Å². The standard InChI is InChI=1S/C34H51N3O6/c1-11-22(4)29(36-33(41)43-34(7,8)9)32(40)37(24(6)13-12-21(2)3)30(25-14-19-28(38)23(5)20-25)31(39)35-26-15-17-27(42-10)18-16-26/h14-22,24,29-30,38H,11-13H2,1-10H3,(H,35,39)(H,36,41). The summed E-state index contributed by atoms with van der Waals surface area (Å²) in [5.41, 5.74) is 0.916. The summed E-state index contributed by atoms with van der Waals surface area (Å²) in [7, 11) is 1.57. The van der Waals surface area contributed by atoms with E-state index in [1.165, 1.54) is 6.07 Å². The van der Waals surface area contributed by atoms with Crippen molar-refractivity contribution in [3.8, 4) is 11.5 Å². The average Bonchev–Trinajstić information content (AvgIpc) is 2.93. The Morgan fingerprint density at radius 2 is 1.60 bits per heavy atom. The van der Waals surface area contributed by atoms with Crippen molar-refractivity contribution in [2.75, 3.05) is 12.4 Å². The Bertz CT molecular complexity index is 1220. The molecule has 0 aliphatic heterocycles. The molecule has 9 heteroatoms. The topological polar surface area (TPSA) is 117 Å². The number of carbonyl (C=O) groups excluding carboxylic acids is 3. The molecule has 0 aliphatic carbocycles. The number of aryl methyl sites for hydroxylation is 1. The van der Waals surface area contributed by atoms with Crippen LogP contribution in [0.3, 0.4) is 0 Å². The van der Waals surface area contributed by atoms with Gasteiger partial charge in [-0.2, -0.15) is 0 Å². The Morgan fingerprint density at radius 1 is 0.977 bits per heavy atom. The number of phenols is 1. The molecule has 0 spiro atoms. The summed E-state index contributed by atoms with van der Waals surface area (Å²) in [6, 6.07) is 9.53. The quantitative estimate of drug-likeness (QED) is 0.229. The van der Waals surface area contributed by atoms with Crippen molar-refractivity contribution in [2.45, 2.75) is 105 Å². The molecule has 0 radical (unpaired) electrons. The Hall–Kier alpha value is -3.75. The van der Waals surface area contributed by atoms with Gasteiger partial charge in [0.25, 0.3) is 5.91 Å². The molecule has 0 bridgehead atoms. The van der Waals surface area contributed by atoms with Crippen LogP contribution in [0.25, 0.3) is 0 Å². The van der Waals surface area contributed by atoms with Gasteiger partial charge < -0.3 is 30.1 Å². The maximum absolute atomic E-state index is 14.6. The second kappa shape index (κ2) is 15.6. The first kappa shape index (κ1) is 35.4. The molecule has 2 aromatic rings. The molecule has 3 N–H and O–H groups in total. The molecule has 43 heavy (non-hydrogen) atoms. The maximum Gasteiger partial charge on any atom is 0.408 e. The minimum Gasteiger partial charge on any atom is -0.508 e. The highest BCUT2D eigenvalue weighted by Crippen LogP contribution is 2.32. The molecule has 4 unspecified atom stereocenters. The summed E-state index contributed by atoms with van der Waals surface area (Å²) in [5.74, 6) is 0.0800. The molecule has 238 valence electrons. The summed E-state index contributed by atoms with van der Waals surface area (Å²) in [4.78, 5) is 43.4. The van der Waals surface area contributed by atoms with Gasteiger partial charge in [-0.15, -0.1) is 0 Å². The largest absolute Gasteiger partial charge is 0.508 e. The molecule has 4 atom stereocenters. The Labute approximate surface area is 257 Å². The van der Waals surface area contributed by atoms with Crippen LogP contribution in [0.5, 0.6) is 11.5 Å². The first-order valence-corrected chi connectivity index (χ1v) is 15.1. The van der Waals surface area contributed by atoms with E-state index in [1.54, 1.807) is 76.1 Å². The van der Waals surface area contributed by atoms with Gasteiger partial charge in [0.1, 0.15) is 29.2 Å². The van der Waals surface area contributed by atoms with Crippen LogP contribution >= 0.6 is 0 Å². The summed E-state index contributed by atoms with van der Waals surface area (Å²) >= 11 is 0. The van der Waals surface area contributed by atoms with Crippen LogP contribution in [-0.2, 0) is 14.3 Å². The second-order valence-corrected chi connectivity index (χ2v) is 12.7. The summed E-state index contributed by atoms with van der Waals surface area (Å²) < 4.78 is 10.8. The molecular weight excluding hydrogens is 546 g/mol. The Morgan fingerprint density at radius 3 is 2.12 bits per heavy atom. The normalized spacial score (nSPS) is 14.3. The Balaban J connectivity index is 2.67. The van der Waals surface area contributed by atoms with Gasteiger partial charge in [0.15, 0.2) is 0 Å². The van der Waals surface area contributed by atoms with Crippen LogP contribution in [0, 0.1) is 18.8 Å². The van der Waals surface area contributed by atoms with Crippen LogP contribution in [0.4, 0.5) is 10.5 Å². The highest BCUT2D eigenvalue weighted by Gasteiger charge is 2.40. The van der Waals surface area contributed by atoms with Crippen molar-refractivity contribution in [3.63, 3.8) is 0 Å². The molecule has 0 aliphatic rings. The molecule has 0 heterocycles. The van der Waals surface area contributed by atoms with Crippen molar-refractivity contribution in [1.29, 1.82) is 0 Å². The Kier molecular flexibility index (Phi) is 12.9. The molecule has 3 amide bonds. The van der Waals surface area contributed by atoms with Crippen molar-refractivity contribution < 1.29 is 29.0 Å². The van der Waals surface area contributed by atoms with Gasteiger partial charge in [-0.05, 0) is 107 Å². The van der Waals surface area contributed by atoms with Gasteiger partial charge in [0.05, 0.1) is 7.11 Å². The fraction of sp³-hybridized carbons (Fsp3) is 0.559. The SMILES string of the molecule is CCC(C)C(NC(=O)OC(C)(C)C)C(=O)N(C(C)CCC(C)C)C(C(=O)Nc1ccc(OC)cc1)c1ccc(O)c(C)c1. The van der Waals surface area contributed by atoms with E-state index in [0.717, 1.165) is 6.42 Å². The molecule has 2 rings (SSSR count). The minimum absolute atomic E-state index is 0.0906. The molecular formula is C34H51N3O6. The number of amides is 3. The molecule has 0 fully saturated rings. The number of aromatic hydroxyl groups is 1. The van der Waals surface area contributed by atoms with Gasteiger partial charge in [-0.3, -0.25) is 9.59 Å². The number of hydrogen-bond donors (Lipinski definition) is 3. The summed E-state index contributed by atoms with van der Waals surface area (Å²) in [5, 5.41) is 16.1. The number of hydrogen-bond acceptors (Lipinski definition) is 6. The predicted octanol–water partition coefficient (Wildman–Crippen LogP) is 6.98. The first-order chi connectivity index (χ1) is 20.1. The number of nitrogens with one attached hydrogen (secondary N) is 2. The zero-order chi connectivity index (χ0) is 32.5. The molecule has 0 saturated carbocycles. The highest BCUT2D eigenvalue weighted by molar-refractivity contribution is 5.99. The number of alkyl carbamates (subject to hydrolysis) is 1. The first-order valence-electron chi connectivity index (χ1n) is 15.1. The number of methoxy groups -OCH3 is 1. The van der Waals surface area contributed by atoms with Crippen molar-refractivity contribution >= 4 is 23.6 Å². The zero-order valence-corrected chi connectivity index (χ0v) is 27.5. The average molecular weight is 598 g/mol. The molecule has 9 nitrogen and oxygen atoms in total. The zero-order valence-electron chi connectivity index (χ0n) is 27.5. The number of carbonyl (C=O) groups is 3. The lowest BCUT2D eigenvalue weighted by molar-refractivity contribution is -0.144. The van der Waals surface area contributed by atoms with Crippen LogP contribution < -0.4 is 15.4 Å². The summed E-state index contributed by atoms with van der Waals surface area (Å²) in [6.07, 6.45) is 1.40. The number of rotatable bonds is 13. The number of phenolic OH excluding ortho intramolecular Hbond substituents is 1. The number of ether oxygens (including phenoxy) is 2. The third-order valence-corrected chi connectivity index (χ3v) is 7.46. The number of benzene rings is 2. The number of nitrogens with zero attached hydrogens (tertiary/aromatic N) is 1. The van der Waals surface area contributed by atoms with Crippen LogP contribution in [-0.4, -0.2) is 52.7 Å². The van der Waals surface area contributed by atoms with Crippen LogP contribution in [0.2, 0.25) is 0 Å². The van der Waals surface area contributed by atoms with Crippen molar-refractivity contribution in [3.05, 3.63) is 53.6 Å². The lowest BCUT2D eigenvalue weighted by Crippen LogP contribution is -2.57. The van der Waals surface area contributed by atoms with Gasteiger partial charge in [0.2, 0.25) is 5.91 Å². The summed E-state index contributed by atoms with van der Waals surface area (Å²) in [6.45, 7) is 17.0. The molecule has 0 saturated heterocycles. The lowest BCUT2D eigenvalue weighted by atomic mass is 9.92. The van der Waals surface area contributed by atoms with Gasteiger partial charge in [-0.25, -0.2) is 4.79 Å². The smallest absolute Gasteiger partial charge is 0.408 e. The van der Waals surface area contributed by atoms with E-state index in [-0.39, 0.29) is 23.6 Å². The van der Waals surface area contributed by atoms with Crippen molar-refractivity contribution in [1.82, 2.24) is 10.2 Å². The monoisotopic (exact) mass is 597 g/mol. The van der Waals surface area contributed by atoms with Crippen molar-refractivity contribution in [2.24, 2.45) is 11.8 Å². The minimum atomic E-state index is -1.05. The van der Waals surface area contributed by atoms with E-state index in [2.05, 4.69) is 24.5 Å². The van der Waals surface area contributed by atoms with E-state index in [4.69, 9.17) is 9.47 Å². The maximum atomic E-state index is 14.6. The molecule has 0 aromatic heterocycles. The van der Waals surface area contributed by atoms with Gasteiger partial charge in [0, 0.05) is 11.7 Å². The third-order valence-electron chi connectivity index (χ3n) is 7.46. The molecule has 2 aromatic carbocycles. The predicted molar refractivity (Wildman–Crippen MR) is 170 cm³/mol. The second-order valence-electron chi connectivity index (χ2n) is 12.7. The van der Waals surface area contributed by atoms with Gasteiger partial charge in [-0.1, -0.05) is 40.2 Å². The van der Waals surface area contributed by atoms with Gasteiger partial charge >= 0.3 is 6.09 Å². The third kappa shape index (κ3) is 10.5. The van der Waals surface area contributed by atoms with E-state index < -0.39 is 29.7 Å². The fourth-order valence-electron chi connectivity index (χ4n) is 4.76. The van der Waals surface area contributed by atoms with Crippen LogP contribution in [0.15, 0.2) is 42.5 Å². The van der Waals surface area contributed by atoms with E-state index >= 15 is 0 Å².